The van der Waals surface area contributed by atoms with E-state index < -0.39 is 0 Å². The minimum Gasteiger partial charge on any atom is -0.385 e. The number of methoxy groups -OCH3 is 1. The van der Waals surface area contributed by atoms with Gasteiger partial charge in [-0.1, -0.05) is 24.3 Å². The van der Waals surface area contributed by atoms with Crippen molar-refractivity contribution < 1.29 is 4.74 Å². The third-order valence-electron chi connectivity index (χ3n) is 3.58. The van der Waals surface area contributed by atoms with Gasteiger partial charge in [0.05, 0.1) is 0 Å². The molecule has 1 aliphatic carbocycles. The van der Waals surface area contributed by atoms with E-state index in [4.69, 9.17) is 4.74 Å². The molecule has 2 unspecified atom stereocenters. The molecule has 0 spiro atoms. The van der Waals surface area contributed by atoms with E-state index in [0.29, 0.717) is 6.04 Å². The number of rotatable bonds is 5. The molecule has 0 saturated carbocycles. The van der Waals surface area contributed by atoms with Gasteiger partial charge in [0.2, 0.25) is 0 Å². The molecule has 0 radical (unpaired) electrons. The van der Waals surface area contributed by atoms with Crippen LogP contribution in [0.15, 0.2) is 24.3 Å². The first-order valence-electron chi connectivity index (χ1n) is 6.11. The third kappa shape index (κ3) is 2.28. The Hall–Kier alpha value is -0.860. The van der Waals surface area contributed by atoms with Gasteiger partial charge in [-0.25, -0.2) is 0 Å². The van der Waals surface area contributed by atoms with Crippen molar-refractivity contribution in [2.75, 3.05) is 20.8 Å². The van der Waals surface area contributed by atoms with E-state index in [1.54, 1.807) is 7.11 Å². The van der Waals surface area contributed by atoms with Crippen molar-refractivity contribution >= 4 is 0 Å². The van der Waals surface area contributed by atoms with Gasteiger partial charge in [0.1, 0.15) is 0 Å². The van der Waals surface area contributed by atoms with Gasteiger partial charge >= 0.3 is 0 Å². The van der Waals surface area contributed by atoms with Crippen molar-refractivity contribution in [3.05, 3.63) is 35.4 Å². The summed E-state index contributed by atoms with van der Waals surface area (Å²) < 4.78 is 5.13. The lowest BCUT2D eigenvalue weighted by atomic mass is 9.96. The maximum Gasteiger partial charge on any atom is 0.0462 e. The number of hydrogen-bond acceptors (Lipinski definition) is 2. The topological polar surface area (TPSA) is 21.3 Å². The van der Waals surface area contributed by atoms with Crippen molar-refractivity contribution in [3.8, 4) is 0 Å². The summed E-state index contributed by atoms with van der Waals surface area (Å²) in [5, 5.41) is 3.46. The highest BCUT2D eigenvalue weighted by molar-refractivity contribution is 5.35. The smallest absolute Gasteiger partial charge is 0.0462 e. The Morgan fingerprint density at radius 3 is 2.94 bits per heavy atom. The van der Waals surface area contributed by atoms with Gasteiger partial charge in [0.15, 0.2) is 0 Å². The average Bonchev–Trinajstić information content (AvgIpc) is 2.67. The molecule has 1 aliphatic rings. The third-order valence-corrected chi connectivity index (χ3v) is 3.58. The highest BCUT2D eigenvalue weighted by Gasteiger charge is 2.30. The number of fused-ring (bicyclic) bond motifs is 1. The van der Waals surface area contributed by atoms with Crippen LogP contribution in [0, 0.1) is 5.92 Å². The molecule has 2 nitrogen and oxygen atoms in total. The normalized spacial score (nSPS) is 23.4. The minimum atomic E-state index is 0.535. The fraction of sp³-hybridized carbons (Fsp3) is 0.571. The van der Waals surface area contributed by atoms with Crippen LogP contribution in [0.1, 0.15) is 30.0 Å². The quantitative estimate of drug-likeness (QED) is 0.768. The van der Waals surface area contributed by atoms with Crippen LogP contribution in [-0.2, 0) is 11.2 Å². The average molecular weight is 219 g/mol. The van der Waals surface area contributed by atoms with E-state index in [1.165, 1.54) is 24.0 Å². The van der Waals surface area contributed by atoms with Crippen LogP contribution in [-0.4, -0.2) is 20.8 Å². The van der Waals surface area contributed by atoms with Crippen molar-refractivity contribution in [1.82, 2.24) is 5.32 Å². The highest BCUT2D eigenvalue weighted by Crippen LogP contribution is 2.38. The zero-order valence-corrected chi connectivity index (χ0v) is 10.2. The Bertz CT molecular complexity index is 337. The summed E-state index contributed by atoms with van der Waals surface area (Å²) in [6, 6.07) is 9.33. The lowest BCUT2D eigenvalue weighted by molar-refractivity contribution is 0.184. The van der Waals surface area contributed by atoms with Crippen LogP contribution in [0.5, 0.6) is 0 Å². The van der Waals surface area contributed by atoms with E-state index in [1.807, 2.05) is 0 Å². The minimum absolute atomic E-state index is 0.535. The maximum absolute atomic E-state index is 5.13. The Morgan fingerprint density at radius 2 is 2.19 bits per heavy atom. The molecule has 0 heterocycles. The molecule has 1 aromatic rings. The molecule has 0 saturated heterocycles. The molecular weight excluding hydrogens is 198 g/mol. The number of nitrogens with one attached hydrogen (secondary N) is 1. The summed E-state index contributed by atoms with van der Waals surface area (Å²) in [5.41, 5.74) is 3.01. The van der Waals surface area contributed by atoms with Crippen LogP contribution >= 0.6 is 0 Å². The van der Waals surface area contributed by atoms with Crippen LogP contribution in [0.3, 0.4) is 0 Å². The molecule has 0 bridgehead atoms. The highest BCUT2D eigenvalue weighted by atomic mass is 16.5. The van der Waals surface area contributed by atoms with Crippen molar-refractivity contribution in [3.63, 3.8) is 0 Å². The fourth-order valence-corrected chi connectivity index (χ4v) is 2.83. The van der Waals surface area contributed by atoms with Crippen molar-refractivity contribution in [1.29, 1.82) is 0 Å². The Labute approximate surface area is 98.0 Å². The molecule has 2 heteroatoms. The lowest BCUT2D eigenvalue weighted by Crippen LogP contribution is -2.21. The molecule has 1 N–H and O–H groups in total. The first kappa shape index (κ1) is 11.6. The SMILES string of the molecule is CNC1c2ccccc2CC1CCCOC. The van der Waals surface area contributed by atoms with Crippen LogP contribution in [0.2, 0.25) is 0 Å². The number of ether oxygens (including phenoxy) is 1. The first-order chi connectivity index (χ1) is 7.86. The van der Waals surface area contributed by atoms with Gasteiger partial charge in [-0.2, -0.15) is 0 Å². The van der Waals surface area contributed by atoms with Gasteiger partial charge in [0, 0.05) is 19.8 Å². The summed E-state index contributed by atoms with van der Waals surface area (Å²) in [5.74, 6) is 0.734. The number of benzene rings is 1. The Balaban J connectivity index is 2.03. The standard InChI is InChI=1S/C14H21NO/c1-15-14-12(7-5-9-16-2)10-11-6-3-4-8-13(11)14/h3-4,6,8,12,14-15H,5,7,9-10H2,1-2H3. The summed E-state index contributed by atoms with van der Waals surface area (Å²) in [6.07, 6.45) is 3.62. The van der Waals surface area contributed by atoms with Crippen LogP contribution in [0.25, 0.3) is 0 Å². The van der Waals surface area contributed by atoms with E-state index in [-0.39, 0.29) is 0 Å². The first-order valence-corrected chi connectivity index (χ1v) is 6.11. The van der Waals surface area contributed by atoms with Gasteiger partial charge in [0.25, 0.3) is 0 Å². The molecule has 0 aliphatic heterocycles. The van der Waals surface area contributed by atoms with Gasteiger partial charge < -0.3 is 10.1 Å². The monoisotopic (exact) mass is 219 g/mol. The lowest BCUT2D eigenvalue weighted by Gasteiger charge is -2.19. The second-order valence-electron chi connectivity index (χ2n) is 4.56. The van der Waals surface area contributed by atoms with Crippen LogP contribution < -0.4 is 5.32 Å². The summed E-state index contributed by atoms with van der Waals surface area (Å²) >= 11 is 0. The molecule has 0 aromatic heterocycles. The maximum atomic E-state index is 5.13. The molecule has 0 fully saturated rings. The molecule has 2 atom stereocenters. The Morgan fingerprint density at radius 1 is 1.38 bits per heavy atom. The van der Waals surface area contributed by atoms with Crippen LogP contribution in [0.4, 0.5) is 0 Å². The largest absolute Gasteiger partial charge is 0.385 e. The molecule has 0 amide bonds. The molecular formula is C14H21NO. The predicted molar refractivity (Wildman–Crippen MR) is 66.5 cm³/mol. The summed E-state index contributed by atoms with van der Waals surface area (Å²) in [7, 11) is 3.84. The second kappa shape index (κ2) is 5.46. The summed E-state index contributed by atoms with van der Waals surface area (Å²) in [4.78, 5) is 0. The second-order valence-corrected chi connectivity index (χ2v) is 4.56. The Kier molecular flexibility index (Phi) is 3.97. The van der Waals surface area contributed by atoms with Gasteiger partial charge in [-0.05, 0) is 43.4 Å². The zero-order valence-electron chi connectivity index (χ0n) is 10.2. The summed E-state index contributed by atoms with van der Waals surface area (Å²) in [6.45, 7) is 0.878. The molecule has 1 aromatic carbocycles. The van der Waals surface area contributed by atoms with Crippen molar-refractivity contribution in [2.45, 2.75) is 25.3 Å². The molecule has 2 rings (SSSR count). The molecule has 16 heavy (non-hydrogen) atoms. The zero-order chi connectivity index (χ0) is 11.4. The molecule has 88 valence electrons. The number of hydrogen-bond donors (Lipinski definition) is 1. The van der Waals surface area contributed by atoms with E-state index >= 15 is 0 Å². The predicted octanol–water partition coefficient (Wildman–Crippen LogP) is 2.55. The fourth-order valence-electron chi connectivity index (χ4n) is 2.83. The van der Waals surface area contributed by atoms with E-state index in [0.717, 1.165) is 18.9 Å². The van der Waals surface area contributed by atoms with Gasteiger partial charge in [-0.3, -0.25) is 0 Å². The van der Waals surface area contributed by atoms with Crippen molar-refractivity contribution in [2.24, 2.45) is 5.92 Å². The van der Waals surface area contributed by atoms with E-state index in [2.05, 4.69) is 36.6 Å². The van der Waals surface area contributed by atoms with E-state index in [9.17, 15) is 0 Å². The van der Waals surface area contributed by atoms with Gasteiger partial charge in [-0.15, -0.1) is 0 Å².